The quantitative estimate of drug-likeness (QED) is 0.759. The Bertz CT molecular complexity index is 693. The summed E-state index contributed by atoms with van der Waals surface area (Å²) < 4.78 is 11.7. The zero-order valence-corrected chi connectivity index (χ0v) is 13.9. The predicted molar refractivity (Wildman–Crippen MR) is 88.6 cm³/mol. The summed E-state index contributed by atoms with van der Waals surface area (Å²) in [5.41, 5.74) is 1.56. The first-order chi connectivity index (χ1) is 10.6. The van der Waals surface area contributed by atoms with Gasteiger partial charge in [0.1, 0.15) is 13.2 Å². The van der Waals surface area contributed by atoms with E-state index < -0.39 is 6.09 Å². The highest BCUT2D eigenvalue weighted by molar-refractivity contribution is 9.10. The molecule has 114 valence electrons. The third-order valence-electron chi connectivity index (χ3n) is 3.27. The Hall–Kier alpha value is -1.72. The molecule has 0 atom stereocenters. The van der Waals surface area contributed by atoms with Crippen LogP contribution in [0.5, 0.6) is 5.75 Å². The summed E-state index contributed by atoms with van der Waals surface area (Å²) >= 11 is 9.53. The minimum absolute atomic E-state index is 0.230. The van der Waals surface area contributed by atoms with Crippen molar-refractivity contribution >= 4 is 39.3 Å². The Morgan fingerprint density at radius 2 is 2.09 bits per heavy atom. The van der Waals surface area contributed by atoms with Crippen molar-refractivity contribution < 1.29 is 14.3 Å². The molecule has 6 heteroatoms. The van der Waals surface area contributed by atoms with Crippen molar-refractivity contribution in [3.63, 3.8) is 0 Å². The lowest BCUT2D eigenvalue weighted by atomic mass is 10.2. The lowest BCUT2D eigenvalue weighted by Crippen LogP contribution is -2.38. The SMILES string of the molecule is O=C(OCc1ccccc1)N1CCOc2c(Cl)cc(Br)cc21. The molecular formula is C16H13BrClNO3. The number of hydrogen-bond acceptors (Lipinski definition) is 3. The molecule has 0 radical (unpaired) electrons. The van der Waals surface area contributed by atoms with E-state index in [9.17, 15) is 4.79 Å². The van der Waals surface area contributed by atoms with Crippen LogP contribution >= 0.6 is 27.5 Å². The van der Waals surface area contributed by atoms with Crippen LogP contribution in [0.4, 0.5) is 10.5 Å². The molecule has 0 bridgehead atoms. The number of nitrogens with zero attached hydrogens (tertiary/aromatic N) is 1. The smallest absolute Gasteiger partial charge is 0.414 e. The average Bonchev–Trinajstić information content (AvgIpc) is 2.53. The zero-order chi connectivity index (χ0) is 15.5. The number of fused-ring (bicyclic) bond motifs is 1. The molecule has 0 N–H and O–H groups in total. The van der Waals surface area contributed by atoms with Gasteiger partial charge >= 0.3 is 6.09 Å². The van der Waals surface area contributed by atoms with Gasteiger partial charge in [0.2, 0.25) is 0 Å². The fraction of sp³-hybridized carbons (Fsp3) is 0.188. The monoisotopic (exact) mass is 381 g/mol. The standard InChI is InChI=1S/C16H13BrClNO3/c17-12-8-13(18)15-14(9-12)19(6-7-21-15)16(20)22-10-11-4-2-1-3-5-11/h1-5,8-9H,6-7,10H2. The minimum atomic E-state index is -0.414. The molecular weight excluding hydrogens is 370 g/mol. The molecule has 0 spiro atoms. The summed E-state index contributed by atoms with van der Waals surface area (Å²) in [6.45, 7) is 1.04. The second-order valence-corrected chi connectivity index (χ2v) is 6.10. The van der Waals surface area contributed by atoms with Crippen molar-refractivity contribution in [3.8, 4) is 5.75 Å². The number of rotatable bonds is 2. The van der Waals surface area contributed by atoms with E-state index in [-0.39, 0.29) is 6.61 Å². The topological polar surface area (TPSA) is 38.8 Å². The highest BCUT2D eigenvalue weighted by atomic mass is 79.9. The van der Waals surface area contributed by atoms with E-state index in [1.807, 2.05) is 30.3 Å². The van der Waals surface area contributed by atoms with Crippen LogP contribution in [0.3, 0.4) is 0 Å². The van der Waals surface area contributed by atoms with E-state index in [4.69, 9.17) is 21.1 Å². The third kappa shape index (κ3) is 3.20. The number of benzene rings is 2. The van der Waals surface area contributed by atoms with Gasteiger partial charge < -0.3 is 9.47 Å². The van der Waals surface area contributed by atoms with Crippen LogP contribution in [0, 0.1) is 0 Å². The van der Waals surface area contributed by atoms with E-state index in [0.717, 1.165) is 10.0 Å². The van der Waals surface area contributed by atoms with Gasteiger partial charge in [-0.05, 0) is 17.7 Å². The first-order valence-corrected chi connectivity index (χ1v) is 7.92. The molecule has 0 fully saturated rings. The summed E-state index contributed by atoms with van der Waals surface area (Å²) in [6, 6.07) is 13.1. The summed E-state index contributed by atoms with van der Waals surface area (Å²) in [4.78, 5) is 13.9. The van der Waals surface area contributed by atoms with E-state index in [2.05, 4.69) is 15.9 Å². The number of amides is 1. The van der Waals surface area contributed by atoms with Crippen molar-refractivity contribution in [1.82, 2.24) is 0 Å². The normalized spacial score (nSPS) is 13.3. The number of halogens is 2. The number of ether oxygens (including phenoxy) is 2. The van der Waals surface area contributed by atoms with Crippen LogP contribution in [0.2, 0.25) is 5.02 Å². The van der Waals surface area contributed by atoms with E-state index >= 15 is 0 Å². The fourth-order valence-corrected chi connectivity index (χ4v) is 3.08. The number of hydrogen-bond donors (Lipinski definition) is 0. The molecule has 1 heterocycles. The molecule has 1 aliphatic heterocycles. The highest BCUT2D eigenvalue weighted by Crippen LogP contribution is 2.40. The zero-order valence-electron chi connectivity index (χ0n) is 11.6. The molecule has 0 saturated heterocycles. The van der Waals surface area contributed by atoms with Gasteiger partial charge in [-0.2, -0.15) is 0 Å². The molecule has 4 nitrogen and oxygen atoms in total. The average molecular weight is 383 g/mol. The maximum absolute atomic E-state index is 12.3. The Balaban J connectivity index is 1.77. The predicted octanol–water partition coefficient (Wildman–Crippen LogP) is 4.64. The molecule has 1 amide bonds. The van der Waals surface area contributed by atoms with Gasteiger partial charge in [-0.25, -0.2) is 4.79 Å². The lowest BCUT2D eigenvalue weighted by Gasteiger charge is -2.29. The second-order valence-electron chi connectivity index (χ2n) is 4.78. The Morgan fingerprint density at radius 1 is 1.32 bits per heavy atom. The minimum Gasteiger partial charge on any atom is -0.488 e. The molecule has 3 rings (SSSR count). The molecule has 1 aliphatic rings. The van der Waals surface area contributed by atoms with Crippen molar-refractivity contribution in [1.29, 1.82) is 0 Å². The van der Waals surface area contributed by atoms with Crippen LogP contribution in [0.15, 0.2) is 46.9 Å². The second kappa shape index (κ2) is 6.58. The van der Waals surface area contributed by atoms with Gasteiger partial charge in [0, 0.05) is 4.47 Å². The van der Waals surface area contributed by atoms with Crippen LogP contribution in [-0.4, -0.2) is 19.2 Å². The van der Waals surface area contributed by atoms with Gasteiger partial charge in [0.25, 0.3) is 0 Å². The first kappa shape index (κ1) is 15.2. The number of carbonyl (C=O) groups excluding carboxylic acids is 1. The third-order valence-corrected chi connectivity index (χ3v) is 4.00. The molecule has 0 aromatic heterocycles. The lowest BCUT2D eigenvalue weighted by molar-refractivity contribution is 0.144. The van der Waals surface area contributed by atoms with E-state index in [1.165, 1.54) is 0 Å². The van der Waals surface area contributed by atoms with Crippen molar-refractivity contribution in [2.24, 2.45) is 0 Å². The Labute approximate surface area is 141 Å². The molecule has 0 saturated carbocycles. The Kier molecular flexibility index (Phi) is 4.55. The van der Waals surface area contributed by atoms with Crippen molar-refractivity contribution in [2.45, 2.75) is 6.61 Å². The number of carbonyl (C=O) groups is 1. The van der Waals surface area contributed by atoms with Crippen LogP contribution < -0.4 is 9.64 Å². The van der Waals surface area contributed by atoms with E-state index in [1.54, 1.807) is 17.0 Å². The van der Waals surface area contributed by atoms with Gasteiger partial charge in [-0.15, -0.1) is 0 Å². The maximum Gasteiger partial charge on any atom is 0.414 e. The van der Waals surface area contributed by atoms with Crippen molar-refractivity contribution in [3.05, 3.63) is 57.5 Å². The molecule has 0 unspecified atom stereocenters. The van der Waals surface area contributed by atoms with Crippen LogP contribution in [0.25, 0.3) is 0 Å². The van der Waals surface area contributed by atoms with Gasteiger partial charge in [-0.3, -0.25) is 4.90 Å². The van der Waals surface area contributed by atoms with E-state index in [0.29, 0.717) is 29.6 Å². The summed E-state index contributed by atoms with van der Waals surface area (Å²) in [6.07, 6.45) is -0.414. The van der Waals surface area contributed by atoms with Gasteiger partial charge in [0.15, 0.2) is 5.75 Å². The van der Waals surface area contributed by atoms with Gasteiger partial charge in [0.05, 0.1) is 17.3 Å². The first-order valence-electron chi connectivity index (χ1n) is 6.75. The highest BCUT2D eigenvalue weighted by Gasteiger charge is 2.27. The molecule has 2 aromatic rings. The van der Waals surface area contributed by atoms with Crippen molar-refractivity contribution in [2.75, 3.05) is 18.1 Å². The summed E-state index contributed by atoms with van der Waals surface area (Å²) in [7, 11) is 0. The fourth-order valence-electron chi connectivity index (χ4n) is 2.24. The molecule has 0 aliphatic carbocycles. The molecule has 22 heavy (non-hydrogen) atoms. The van der Waals surface area contributed by atoms with Crippen LogP contribution in [-0.2, 0) is 11.3 Å². The van der Waals surface area contributed by atoms with Gasteiger partial charge in [-0.1, -0.05) is 57.9 Å². The van der Waals surface area contributed by atoms with Crippen LogP contribution in [0.1, 0.15) is 5.56 Å². The summed E-state index contributed by atoms with van der Waals surface area (Å²) in [5.74, 6) is 0.507. The number of anilines is 1. The maximum atomic E-state index is 12.3. The summed E-state index contributed by atoms with van der Waals surface area (Å²) in [5, 5.41) is 0.463. The largest absolute Gasteiger partial charge is 0.488 e. The molecule has 2 aromatic carbocycles. The Morgan fingerprint density at radius 3 is 2.86 bits per heavy atom.